The van der Waals surface area contributed by atoms with E-state index in [1.165, 1.54) is 0 Å². The minimum absolute atomic E-state index is 0.196. The number of carboxylic acids is 1. The van der Waals surface area contributed by atoms with E-state index in [-0.39, 0.29) is 6.03 Å². The standard InChI is InChI=1S/C19H20N4O2.C2HF3O2/c1-23(13-14-6-4-3-5-7-14)19(24)22-17-9-8-15(10-18(17)25-2)16-11-20-21-12-16;3-2(4,5)1(6)7/h3-12H,13H2,1-2H3,(H,20,21)(H,22,24);(H,6,7). The number of ether oxygens (including phenoxy) is 1. The number of carbonyl (C=O) groups excluding carboxylic acids is 1. The Bertz CT molecular complexity index is 1030. The summed E-state index contributed by atoms with van der Waals surface area (Å²) in [6.45, 7) is 0.530. The van der Waals surface area contributed by atoms with Gasteiger partial charge in [0.1, 0.15) is 5.75 Å². The van der Waals surface area contributed by atoms with E-state index < -0.39 is 12.1 Å². The van der Waals surface area contributed by atoms with Gasteiger partial charge in [-0.25, -0.2) is 9.59 Å². The number of aromatic amines is 1. The molecule has 32 heavy (non-hydrogen) atoms. The summed E-state index contributed by atoms with van der Waals surface area (Å²) in [5.74, 6) is -2.16. The van der Waals surface area contributed by atoms with E-state index in [1.807, 2.05) is 48.5 Å². The first-order chi connectivity index (χ1) is 15.1. The molecule has 0 radical (unpaired) electrons. The quantitative estimate of drug-likeness (QED) is 0.535. The van der Waals surface area contributed by atoms with E-state index in [4.69, 9.17) is 14.6 Å². The van der Waals surface area contributed by atoms with Gasteiger partial charge >= 0.3 is 18.2 Å². The van der Waals surface area contributed by atoms with Gasteiger partial charge in [0.15, 0.2) is 0 Å². The van der Waals surface area contributed by atoms with E-state index in [2.05, 4.69) is 15.5 Å². The van der Waals surface area contributed by atoms with E-state index >= 15 is 0 Å². The molecule has 3 rings (SSSR count). The normalized spacial score (nSPS) is 10.5. The number of carboxylic acid groups (broad SMARTS) is 1. The molecule has 170 valence electrons. The van der Waals surface area contributed by atoms with Gasteiger partial charge in [-0.3, -0.25) is 5.10 Å². The molecule has 3 N–H and O–H groups in total. The summed E-state index contributed by atoms with van der Waals surface area (Å²) >= 11 is 0. The van der Waals surface area contributed by atoms with Crippen molar-refractivity contribution in [1.82, 2.24) is 15.1 Å². The average Bonchev–Trinajstić information content (AvgIpc) is 3.29. The molecule has 0 aliphatic heterocycles. The second kappa shape index (κ2) is 10.8. The lowest BCUT2D eigenvalue weighted by molar-refractivity contribution is -0.192. The van der Waals surface area contributed by atoms with Crippen molar-refractivity contribution in [3.63, 3.8) is 0 Å². The van der Waals surface area contributed by atoms with Crippen LogP contribution in [0.4, 0.5) is 23.7 Å². The number of nitrogens with one attached hydrogen (secondary N) is 2. The van der Waals surface area contributed by atoms with Crippen LogP contribution in [0.25, 0.3) is 11.1 Å². The number of hydrogen-bond donors (Lipinski definition) is 3. The number of aliphatic carboxylic acids is 1. The Hall–Kier alpha value is -4.02. The number of methoxy groups -OCH3 is 1. The molecule has 0 aliphatic carbocycles. The first kappa shape index (κ1) is 24.3. The smallest absolute Gasteiger partial charge is 0.490 e. The van der Waals surface area contributed by atoms with Crippen LogP contribution in [-0.2, 0) is 11.3 Å². The van der Waals surface area contributed by atoms with Crippen molar-refractivity contribution < 1.29 is 32.6 Å². The molecule has 0 saturated carbocycles. The van der Waals surface area contributed by atoms with Crippen LogP contribution in [0.2, 0.25) is 0 Å². The number of alkyl halides is 3. The number of aromatic nitrogens is 2. The van der Waals surface area contributed by atoms with Crippen LogP contribution in [0.1, 0.15) is 5.56 Å². The summed E-state index contributed by atoms with van der Waals surface area (Å²) in [6, 6.07) is 15.3. The third kappa shape index (κ3) is 7.04. The molecule has 0 saturated heterocycles. The van der Waals surface area contributed by atoms with Crippen molar-refractivity contribution in [2.45, 2.75) is 12.7 Å². The molecule has 3 aromatic rings. The summed E-state index contributed by atoms with van der Waals surface area (Å²) in [7, 11) is 3.34. The number of amides is 2. The highest BCUT2D eigenvalue weighted by molar-refractivity contribution is 5.91. The zero-order chi connectivity index (χ0) is 23.7. The van der Waals surface area contributed by atoms with Crippen molar-refractivity contribution in [2.24, 2.45) is 0 Å². The van der Waals surface area contributed by atoms with Gasteiger partial charge in [-0.1, -0.05) is 36.4 Å². The first-order valence-electron chi connectivity index (χ1n) is 9.15. The number of nitrogens with zero attached hydrogens (tertiary/aromatic N) is 2. The monoisotopic (exact) mass is 450 g/mol. The van der Waals surface area contributed by atoms with Crippen molar-refractivity contribution in [3.05, 3.63) is 66.5 Å². The highest BCUT2D eigenvalue weighted by Crippen LogP contribution is 2.30. The lowest BCUT2D eigenvalue weighted by atomic mass is 10.1. The fraction of sp³-hybridized carbons (Fsp3) is 0.190. The van der Waals surface area contributed by atoms with Gasteiger partial charge in [0, 0.05) is 25.4 Å². The molecule has 0 atom stereocenters. The third-order valence-electron chi connectivity index (χ3n) is 4.13. The largest absolute Gasteiger partial charge is 0.495 e. The molecule has 1 heterocycles. The lowest BCUT2D eigenvalue weighted by Gasteiger charge is -2.19. The predicted octanol–water partition coefficient (Wildman–Crippen LogP) is 4.38. The molecule has 11 heteroatoms. The topological polar surface area (TPSA) is 108 Å². The van der Waals surface area contributed by atoms with Gasteiger partial charge in [-0.15, -0.1) is 0 Å². The number of urea groups is 1. The Labute approximate surface area is 181 Å². The fourth-order valence-electron chi connectivity index (χ4n) is 2.52. The number of carbonyl (C=O) groups is 2. The summed E-state index contributed by atoms with van der Waals surface area (Å²) in [6.07, 6.45) is -1.54. The van der Waals surface area contributed by atoms with Crippen molar-refractivity contribution in [3.8, 4) is 16.9 Å². The number of halogens is 3. The minimum Gasteiger partial charge on any atom is -0.495 e. The van der Waals surface area contributed by atoms with Crippen LogP contribution in [0.3, 0.4) is 0 Å². The van der Waals surface area contributed by atoms with Gasteiger partial charge in [0.25, 0.3) is 0 Å². The summed E-state index contributed by atoms with van der Waals surface area (Å²) in [4.78, 5) is 23.0. The Morgan fingerprint density at radius 2 is 1.81 bits per heavy atom. The second-order valence-electron chi connectivity index (χ2n) is 6.48. The maximum atomic E-state index is 12.4. The Morgan fingerprint density at radius 3 is 2.34 bits per heavy atom. The van der Waals surface area contributed by atoms with Crippen molar-refractivity contribution >= 4 is 17.7 Å². The minimum atomic E-state index is -5.08. The van der Waals surface area contributed by atoms with Gasteiger partial charge in [-0.2, -0.15) is 18.3 Å². The first-order valence-corrected chi connectivity index (χ1v) is 9.15. The van der Waals surface area contributed by atoms with Gasteiger partial charge in [0.2, 0.25) is 0 Å². The second-order valence-corrected chi connectivity index (χ2v) is 6.48. The molecule has 8 nitrogen and oxygen atoms in total. The van der Waals surface area contributed by atoms with Crippen LogP contribution in [0, 0.1) is 0 Å². The van der Waals surface area contributed by atoms with Crippen LogP contribution >= 0.6 is 0 Å². The van der Waals surface area contributed by atoms with Crippen LogP contribution in [0.5, 0.6) is 5.75 Å². The number of rotatable bonds is 5. The van der Waals surface area contributed by atoms with Crippen LogP contribution in [0.15, 0.2) is 60.9 Å². The zero-order valence-electron chi connectivity index (χ0n) is 17.2. The highest BCUT2D eigenvalue weighted by Gasteiger charge is 2.38. The van der Waals surface area contributed by atoms with E-state index in [0.29, 0.717) is 18.0 Å². The number of anilines is 1. The molecule has 0 bridgehead atoms. The molecular weight excluding hydrogens is 429 g/mol. The van der Waals surface area contributed by atoms with Crippen molar-refractivity contribution in [1.29, 1.82) is 0 Å². The fourth-order valence-corrected chi connectivity index (χ4v) is 2.52. The molecule has 0 aliphatic rings. The summed E-state index contributed by atoms with van der Waals surface area (Å²) in [5, 5.41) is 16.7. The molecule has 1 aromatic heterocycles. The molecule has 2 aromatic carbocycles. The maximum absolute atomic E-state index is 12.4. The summed E-state index contributed by atoms with van der Waals surface area (Å²) in [5.41, 5.74) is 3.61. The van der Waals surface area contributed by atoms with Crippen LogP contribution in [-0.4, -0.2) is 52.5 Å². The lowest BCUT2D eigenvalue weighted by Crippen LogP contribution is -2.30. The molecule has 0 spiro atoms. The maximum Gasteiger partial charge on any atom is 0.490 e. The number of benzene rings is 2. The van der Waals surface area contributed by atoms with Gasteiger partial charge in [-0.05, 0) is 23.3 Å². The highest BCUT2D eigenvalue weighted by atomic mass is 19.4. The van der Waals surface area contributed by atoms with E-state index in [1.54, 1.807) is 31.5 Å². The number of H-pyrrole nitrogens is 1. The van der Waals surface area contributed by atoms with Gasteiger partial charge in [0.05, 0.1) is 19.0 Å². The molecule has 0 unspecified atom stereocenters. The average molecular weight is 450 g/mol. The van der Waals surface area contributed by atoms with E-state index in [0.717, 1.165) is 16.7 Å². The van der Waals surface area contributed by atoms with Crippen molar-refractivity contribution in [2.75, 3.05) is 19.5 Å². The van der Waals surface area contributed by atoms with E-state index in [9.17, 15) is 18.0 Å². The third-order valence-corrected chi connectivity index (χ3v) is 4.13. The Balaban J connectivity index is 0.000000451. The number of hydrogen-bond acceptors (Lipinski definition) is 4. The summed E-state index contributed by atoms with van der Waals surface area (Å²) < 4.78 is 37.2. The Kier molecular flexibility index (Phi) is 8.22. The Morgan fingerprint density at radius 1 is 1.16 bits per heavy atom. The molecule has 2 amide bonds. The predicted molar refractivity (Wildman–Crippen MR) is 111 cm³/mol. The zero-order valence-corrected chi connectivity index (χ0v) is 17.2. The van der Waals surface area contributed by atoms with Gasteiger partial charge < -0.3 is 20.1 Å². The molecule has 0 fully saturated rings. The SMILES string of the molecule is COc1cc(-c2cn[nH]c2)ccc1NC(=O)N(C)Cc1ccccc1.O=C(O)C(F)(F)F. The molecular formula is C21H21F3N4O4. The van der Waals surface area contributed by atoms with Crippen LogP contribution < -0.4 is 10.1 Å².